The molecule has 0 aliphatic carbocycles. The summed E-state index contributed by atoms with van der Waals surface area (Å²) in [7, 11) is 1.74. The minimum atomic E-state index is -4.64. The first-order valence-electron chi connectivity index (χ1n) is 9.20. The quantitative estimate of drug-likeness (QED) is 0.646. The summed E-state index contributed by atoms with van der Waals surface area (Å²) in [5.41, 5.74) is 2.77. The Balaban J connectivity index is 1.78. The number of nitrogens with zero attached hydrogens (tertiary/aromatic N) is 5. The molecule has 1 amide bonds. The van der Waals surface area contributed by atoms with E-state index in [1.54, 1.807) is 25.8 Å². The molecule has 3 aromatic rings. The van der Waals surface area contributed by atoms with Gasteiger partial charge < -0.3 is 4.90 Å². The van der Waals surface area contributed by atoms with E-state index >= 15 is 0 Å². The summed E-state index contributed by atoms with van der Waals surface area (Å²) in [6.07, 6.45) is -4.07. The van der Waals surface area contributed by atoms with Gasteiger partial charge in [0.2, 0.25) is 5.91 Å². The molecule has 0 saturated heterocycles. The number of benzene rings is 1. The number of carbonyl (C=O) groups is 1. The minimum Gasteiger partial charge on any atom is -0.339 e. The normalized spacial score (nSPS) is 12.9. The smallest absolute Gasteiger partial charge is 0.339 e. The summed E-state index contributed by atoms with van der Waals surface area (Å²) in [5, 5.41) is 3.54. The molecule has 9 heteroatoms. The summed E-state index contributed by atoms with van der Waals surface area (Å²) in [4.78, 5) is 22.0. The summed E-state index contributed by atoms with van der Waals surface area (Å²) in [5.74, 6) is -1.39. The fourth-order valence-corrected chi connectivity index (χ4v) is 3.27. The maximum absolute atomic E-state index is 12.9. The third-order valence-electron chi connectivity index (χ3n) is 5.15. The standard InChI is InChI=1S/C20H22F3N5O/c1-12-16(14(3)28-19(24-12)25-18(26-28)20(21,22)23)10-11-17(29)27(4)13(2)15-8-6-5-7-9-15/h5-9,13H,10-11H2,1-4H3. The lowest BCUT2D eigenvalue weighted by Crippen LogP contribution is -2.30. The average Bonchev–Trinajstić information content (AvgIpc) is 3.11. The van der Waals surface area contributed by atoms with Crippen molar-refractivity contribution in [3.05, 3.63) is 58.7 Å². The molecule has 0 radical (unpaired) electrons. The topological polar surface area (TPSA) is 63.4 Å². The van der Waals surface area contributed by atoms with Crippen LogP contribution in [0.2, 0.25) is 0 Å². The monoisotopic (exact) mass is 405 g/mol. The van der Waals surface area contributed by atoms with E-state index in [2.05, 4.69) is 15.1 Å². The molecule has 0 N–H and O–H groups in total. The van der Waals surface area contributed by atoms with Crippen LogP contribution in [0.15, 0.2) is 30.3 Å². The molecule has 1 unspecified atom stereocenters. The molecule has 2 aromatic heterocycles. The van der Waals surface area contributed by atoms with Crippen molar-refractivity contribution in [1.82, 2.24) is 24.5 Å². The highest BCUT2D eigenvalue weighted by atomic mass is 19.4. The first kappa shape index (κ1) is 20.8. The van der Waals surface area contributed by atoms with E-state index in [-0.39, 0.29) is 24.1 Å². The van der Waals surface area contributed by atoms with Gasteiger partial charge in [-0.1, -0.05) is 30.3 Å². The molecule has 154 valence electrons. The third kappa shape index (κ3) is 4.23. The zero-order valence-electron chi connectivity index (χ0n) is 16.7. The van der Waals surface area contributed by atoms with Crippen molar-refractivity contribution in [2.45, 2.75) is 45.8 Å². The number of aryl methyl sites for hydroxylation is 2. The molecule has 0 fully saturated rings. The first-order valence-corrected chi connectivity index (χ1v) is 9.20. The van der Waals surface area contributed by atoms with Crippen molar-refractivity contribution in [2.75, 3.05) is 7.05 Å². The molecule has 1 aromatic carbocycles. The van der Waals surface area contributed by atoms with Crippen LogP contribution in [0, 0.1) is 13.8 Å². The molecule has 1 atom stereocenters. The molecule has 0 saturated carbocycles. The molecule has 6 nitrogen and oxygen atoms in total. The second-order valence-electron chi connectivity index (χ2n) is 7.00. The Morgan fingerprint density at radius 1 is 1.17 bits per heavy atom. The lowest BCUT2D eigenvalue weighted by molar-refractivity contribution is -0.144. The Hall–Kier alpha value is -2.97. The Bertz CT molecular complexity index is 1030. The van der Waals surface area contributed by atoms with Crippen LogP contribution >= 0.6 is 0 Å². The molecule has 3 rings (SSSR count). The van der Waals surface area contributed by atoms with Crippen LogP contribution in [0.25, 0.3) is 5.78 Å². The average molecular weight is 405 g/mol. The number of amides is 1. The fourth-order valence-electron chi connectivity index (χ4n) is 3.27. The molecular formula is C20H22F3N5O. The van der Waals surface area contributed by atoms with Crippen LogP contribution in [0.1, 0.15) is 47.7 Å². The molecule has 29 heavy (non-hydrogen) atoms. The number of hydrogen-bond acceptors (Lipinski definition) is 4. The van der Waals surface area contributed by atoms with Gasteiger partial charge >= 0.3 is 6.18 Å². The van der Waals surface area contributed by atoms with Crippen molar-refractivity contribution >= 4 is 11.7 Å². The number of hydrogen-bond donors (Lipinski definition) is 0. The Labute approximate surface area is 166 Å². The zero-order valence-corrected chi connectivity index (χ0v) is 16.7. The van der Waals surface area contributed by atoms with Crippen molar-refractivity contribution in [2.24, 2.45) is 0 Å². The largest absolute Gasteiger partial charge is 0.453 e. The number of aromatic nitrogens is 4. The van der Waals surface area contributed by atoms with Crippen LogP contribution < -0.4 is 0 Å². The van der Waals surface area contributed by atoms with E-state index in [0.717, 1.165) is 10.1 Å². The van der Waals surface area contributed by atoms with Gasteiger partial charge in [0, 0.05) is 24.9 Å². The van der Waals surface area contributed by atoms with Crippen LogP contribution in [0.5, 0.6) is 0 Å². The van der Waals surface area contributed by atoms with Crippen molar-refractivity contribution in [1.29, 1.82) is 0 Å². The van der Waals surface area contributed by atoms with Crippen LogP contribution in [-0.2, 0) is 17.4 Å². The first-order chi connectivity index (χ1) is 13.6. The predicted molar refractivity (Wildman–Crippen MR) is 101 cm³/mol. The van der Waals surface area contributed by atoms with E-state index < -0.39 is 12.0 Å². The number of fused-ring (bicyclic) bond motifs is 1. The highest BCUT2D eigenvalue weighted by Crippen LogP contribution is 2.27. The van der Waals surface area contributed by atoms with Gasteiger partial charge in [-0.25, -0.2) is 9.50 Å². The van der Waals surface area contributed by atoms with E-state index in [1.807, 2.05) is 37.3 Å². The number of rotatable bonds is 5. The van der Waals surface area contributed by atoms with Crippen molar-refractivity contribution in [3.8, 4) is 0 Å². The number of alkyl halides is 3. The van der Waals surface area contributed by atoms with Gasteiger partial charge in [0.05, 0.1) is 6.04 Å². The molecule has 0 spiro atoms. The highest BCUT2D eigenvalue weighted by Gasteiger charge is 2.37. The lowest BCUT2D eigenvalue weighted by Gasteiger charge is -2.25. The summed E-state index contributed by atoms with van der Waals surface area (Å²) in [6, 6.07) is 9.60. The van der Waals surface area contributed by atoms with Gasteiger partial charge in [0.25, 0.3) is 11.6 Å². The summed E-state index contributed by atoms with van der Waals surface area (Å²) < 4.78 is 39.8. The van der Waals surface area contributed by atoms with Crippen LogP contribution in [0.3, 0.4) is 0 Å². The highest BCUT2D eigenvalue weighted by molar-refractivity contribution is 5.76. The summed E-state index contributed by atoms with van der Waals surface area (Å²) >= 11 is 0. The van der Waals surface area contributed by atoms with E-state index in [0.29, 0.717) is 23.4 Å². The second-order valence-corrected chi connectivity index (χ2v) is 7.00. The Morgan fingerprint density at radius 2 is 1.83 bits per heavy atom. The molecule has 0 aliphatic heterocycles. The lowest BCUT2D eigenvalue weighted by atomic mass is 10.0. The van der Waals surface area contributed by atoms with Crippen LogP contribution in [0.4, 0.5) is 13.2 Å². The van der Waals surface area contributed by atoms with Gasteiger partial charge in [-0.05, 0) is 38.3 Å². The zero-order chi connectivity index (χ0) is 21.3. The summed E-state index contributed by atoms with van der Waals surface area (Å²) in [6.45, 7) is 5.31. The van der Waals surface area contributed by atoms with E-state index in [1.165, 1.54) is 0 Å². The molecule has 0 aliphatic rings. The SMILES string of the molecule is Cc1nc2nc(C(F)(F)F)nn2c(C)c1CCC(=O)N(C)C(C)c1ccccc1. The van der Waals surface area contributed by atoms with Crippen molar-refractivity contribution < 1.29 is 18.0 Å². The van der Waals surface area contributed by atoms with Crippen LogP contribution in [-0.4, -0.2) is 37.4 Å². The van der Waals surface area contributed by atoms with Gasteiger partial charge in [0.1, 0.15) is 0 Å². The number of halogens is 3. The van der Waals surface area contributed by atoms with E-state index in [4.69, 9.17) is 0 Å². The van der Waals surface area contributed by atoms with Gasteiger partial charge in [-0.3, -0.25) is 4.79 Å². The second kappa shape index (κ2) is 7.81. The maximum atomic E-state index is 12.9. The fraction of sp³-hybridized carbons (Fsp3) is 0.400. The molecule has 0 bridgehead atoms. The Kier molecular flexibility index (Phi) is 5.59. The predicted octanol–water partition coefficient (Wildman–Crippen LogP) is 3.91. The van der Waals surface area contributed by atoms with Gasteiger partial charge in [-0.15, -0.1) is 5.10 Å². The third-order valence-corrected chi connectivity index (χ3v) is 5.15. The number of carbonyl (C=O) groups excluding carboxylic acids is 1. The van der Waals surface area contributed by atoms with E-state index in [9.17, 15) is 18.0 Å². The van der Waals surface area contributed by atoms with Crippen molar-refractivity contribution in [3.63, 3.8) is 0 Å². The minimum absolute atomic E-state index is 0.0604. The Morgan fingerprint density at radius 3 is 2.45 bits per heavy atom. The van der Waals surface area contributed by atoms with Gasteiger partial charge in [0.15, 0.2) is 0 Å². The molecule has 2 heterocycles. The maximum Gasteiger partial charge on any atom is 0.453 e. The van der Waals surface area contributed by atoms with Gasteiger partial charge in [-0.2, -0.15) is 18.2 Å². The molecular weight excluding hydrogens is 383 g/mol.